The molecule has 1 amide bonds. The fourth-order valence-corrected chi connectivity index (χ4v) is 2.52. The molecule has 0 saturated heterocycles. The molecule has 27 heavy (non-hydrogen) atoms. The maximum Gasteiger partial charge on any atom is 0.449 e. The second kappa shape index (κ2) is 7.22. The summed E-state index contributed by atoms with van der Waals surface area (Å²) < 4.78 is 68.8. The summed E-state index contributed by atoms with van der Waals surface area (Å²) in [7, 11) is 0. The SMILES string of the molecule is O=C(Cn1c(C(F)(F)F)nc2ccccc21)Nc1ccc(OC(F)F)cc1. The van der Waals surface area contributed by atoms with E-state index in [0.717, 1.165) is 4.57 Å². The second-order valence-electron chi connectivity index (χ2n) is 5.46. The highest BCUT2D eigenvalue weighted by Crippen LogP contribution is 2.31. The Hall–Kier alpha value is -3.17. The Bertz CT molecular complexity index is 951. The number of para-hydroxylation sites is 2. The topological polar surface area (TPSA) is 56.2 Å². The Morgan fingerprint density at radius 3 is 2.41 bits per heavy atom. The Morgan fingerprint density at radius 1 is 1.11 bits per heavy atom. The molecular weight excluding hydrogens is 373 g/mol. The van der Waals surface area contributed by atoms with Crippen LogP contribution in [0.5, 0.6) is 5.75 Å². The summed E-state index contributed by atoms with van der Waals surface area (Å²) >= 11 is 0. The number of imidazole rings is 1. The zero-order chi connectivity index (χ0) is 19.6. The van der Waals surface area contributed by atoms with Crippen LogP contribution in [0, 0.1) is 0 Å². The third kappa shape index (κ3) is 4.33. The molecule has 3 rings (SSSR count). The van der Waals surface area contributed by atoms with E-state index in [1.165, 1.54) is 36.4 Å². The van der Waals surface area contributed by atoms with Crippen molar-refractivity contribution in [1.29, 1.82) is 0 Å². The average Bonchev–Trinajstić information content (AvgIpc) is 2.95. The predicted molar refractivity (Wildman–Crippen MR) is 86.4 cm³/mol. The normalized spacial score (nSPS) is 11.8. The van der Waals surface area contributed by atoms with Crippen molar-refractivity contribution in [2.24, 2.45) is 0 Å². The number of alkyl halides is 5. The number of fused-ring (bicyclic) bond motifs is 1. The van der Waals surface area contributed by atoms with Crippen molar-refractivity contribution in [3.05, 3.63) is 54.4 Å². The van der Waals surface area contributed by atoms with Gasteiger partial charge in [0.15, 0.2) is 0 Å². The van der Waals surface area contributed by atoms with Crippen molar-refractivity contribution >= 4 is 22.6 Å². The number of aromatic nitrogens is 2. The molecule has 0 atom stereocenters. The van der Waals surface area contributed by atoms with E-state index in [1.54, 1.807) is 12.1 Å². The molecule has 0 saturated carbocycles. The van der Waals surface area contributed by atoms with Crippen molar-refractivity contribution in [1.82, 2.24) is 9.55 Å². The molecule has 10 heteroatoms. The molecule has 142 valence electrons. The number of carbonyl (C=O) groups is 1. The van der Waals surface area contributed by atoms with Gasteiger partial charge in [-0.25, -0.2) is 4.98 Å². The summed E-state index contributed by atoms with van der Waals surface area (Å²) in [4.78, 5) is 15.7. The quantitative estimate of drug-likeness (QED) is 0.667. The van der Waals surface area contributed by atoms with Gasteiger partial charge in [-0.3, -0.25) is 4.79 Å². The number of benzene rings is 2. The monoisotopic (exact) mass is 385 g/mol. The molecule has 0 aliphatic rings. The number of carbonyl (C=O) groups excluding carboxylic acids is 1. The number of nitrogens with one attached hydrogen (secondary N) is 1. The number of nitrogens with zero attached hydrogens (tertiary/aromatic N) is 2. The fourth-order valence-electron chi connectivity index (χ4n) is 2.52. The van der Waals surface area contributed by atoms with Gasteiger partial charge >= 0.3 is 12.8 Å². The van der Waals surface area contributed by atoms with E-state index in [9.17, 15) is 26.7 Å². The number of hydrogen-bond donors (Lipinski definition) is 1. The highest BCUT2D eigenvalue weighted by atomic mass is 19.4. The molecule has 1 heterocycles. The molecule has 5 nitrogen and oxygen atoms in total. The van der Waals surface area contributed by atoms with Gasteiger partial charge in [-0.05, 0) is 36.4 Å². The Morgan fingerprint density at radius 2 is 1.78 bits per heavy atom. The maximum atomic E-state index is 13.2. The first-order valence-electron chi connectivity index (χ1n) is 7.61. The summed E-state index contributed by atoms with van der Waals surface area (Å²) in [6, 6.07) is 10.9. The van der Waals surface area contributed by atoms with Crippen molar-refractivity contribution in [3.63, 3.8) is 0 Å². The van der Waals surface area contributed by atoms with Crippen LogP contribution in [-0.2, 0) is 17.5 Å². The minimum atomic E-state index is -4.73. The fraction of sp³-hybridized carbons (Fsp3) is 0.176. The maximum absolute atomic E-state index is 13.2. The highest BCUT2D eigenvalue weighted by molar-refractivity contribution is 5.91. The Labute approximate surface area is 149 Å². The van der Waals surface area contributed by atoms with Gasteiger partial charge in [0.1, 0.15) is 12.3 Å². The van der Waals surface area contributed by atoms with Gasteiger partial charge in [-0.2, -0.15) is 22.0 Å². The van der Waals surface area contributed by atoms with Crippen molar-refractivity contribution in [3.8, 4) is 5.75 Å². The molecule has 0 aliphatic heterocycles. The molecule has 0 spiro atoms. The zero-order valence-electron chi connectivity index (χ0n) is 13.5. The molecule has 0 unspecified atom stereocenters. The largest absolute Gasteiger partial charge is 0.449 e. The van der Waals surface area contributed by atoms with Crippen LogP contribution in [0.3, 0.4) is 0 Å². The van der Waals surface area contributed by atoms with Crippen LogP contribution < -0.4 is 10.1 Å². The smallest absolute Gasteiger partial charge is 0.435 e. The lowest BCUT2D eigenvalue weighted by Crippen LogP contribution is -2.23. The molecule has 1 N–H and O–H groups in total. The standard InChI is InChI=1S/C17H12F5N3O2/c18-16(19)27-11-7-5-10(6-8-11)23-14(26)9-25-13-4-2-1-3-12(13)24-15(25)17(20,21)22/h1-8,16H,9H2,(H,23,26). The molecule has 0 radical (unpaired) electrons. The number of amides is 1. The van der Waals surface area contributed by atoms with E-state index >= 15 is 0 Å². The van der Waals surface area contributed by atoms with Crippen LogP contribution in [0.25, 0.3) is 11.0 Å². The van der Waals surface area contributed by atoms with E-state index < -0.39 is 31.1 Å². The van der Waals surface area contributed by atoms with Gasteiger partial charge in [0.05, 0.1) is 11.0 Å². The summed E-state index contributed by atoms with van der Waals surface area (Å²) in [5.41, 5.74) is 0.506. The molecule has 1 aromatic heterocycles. The molecular formula is C17H12F5N3O2. The first kappa shape index (κ1) is 18.6. The molecule has 2 aromatic carbocycles. The lowest BCUT2D eigenvalue weighted by molar-refractivity contribution is -0.147. The lowest BCUT2D eigenvalue weighted by atomic mass is 10.3. The first-order chi connectivity index (χ1) is 12.7. The molecule has 0 aliphatic carbocycles. The average molecular weight is 385 g/mol. The predicted octanol–water partition coefficient (Wildman–Crippen LogP) is 4.30. The molecule has 0 bridgehead atoms. The second-order valence-corrected chi connectivity index (χ2v) is 5.46. The number of anilines is 1. The highest BCUT2D eigenvalue weighted by Gasteiger charge is 2.37. The van der Waals surface area contributed by atoms with Crippen LogP contribution in [0.1, 0.15) is 5.82 Å². The summed E-state index contributed by atoms with van der Waals surface area (Å²) in [6.45, 7) is -3.61. The Balaban J connectivity index is 1.80. The van der Waals surface area contributed by atoms with Crippen molar-refractivity contribution in [2.75, 3.05) is 5.32 Å². The van der Waals surface area contributed by atoms with Crippen LogP contribution in [-0.4, -0.2) is 22.1 Å². The minimum Gasteiger partial charge on any atom is -0.435 e. The number of ether oxygens (including phenoxy) is 1. The third-order valence-corrected chi connectivity index (χ3v) is 3.57. The van der Waals surface area contributed by atoms with Crippen LogP contribution >= 0.6 is 0 Å². The number of hydrogen-bond acceptors (Lipinski definition) is 3. The third-order valence-electron chi connectivity index (χ3n) is 3.57. The van der Waals surface area contributed by atoms with E-state index in [-0.39, 0.29) is 22.5 Å². The van der Waals surface area contributed by atoms with Gasteiger partial charge in [0.2, 0.25) is 11.7 Å². The van der Waals surface area contributed by atoms with Gasteiger partial charge in [-0.15, -0.1) is 0 Å². The first-order valence-corrected chi connectivity index (χ1v) is 7.61. The van der Waals surface area contributed by atoms with Gasteiger partial charge in [-0.1, -0.05) is 12.1 Å². The van der Waals surface area contributed by atoms with Crippen LogP contribution in [0.2, 0.25) is 0 Å². The zero-order valence-corrected chi connectivity index (χ0v) is 13.5. The summed E-state index contributed by atoms with van der Waals surface area (Å²) in [5.74, 6) is -2.02. The lowest BCUT2D eigenvalue weighted by Gasteiger charge is -2.12. The van der Waals surface area contributed by atoms with Crippen molar-refractivity contribution in [2.45, 2.75) is 19.3 Å². The van der Waals surface area contributed by atoms with E-state index in [4.69, 9.17) is 0 Å². The van der Waals surface area contributed by atoms with E-state index in [2.05, 4.69) is 15.0 Å². The summed E-state index contributed by atoms with van der Waals surface area (Å²) in [5, 5.41) is 2.41. The summed E-state index contributed by atoms with van der Waals surface area (Å²) in [6.07, 6.45) is -4.73. The molecule has 3 aromatic rings. The van der Waals surface area contributed by atoms with Gasteiger partial charge in [0, 0.05) is 5.69 Å². The van der Waals surface area contributed by atoms with E-state index in [1.807, 2.05) is 0 Å². The van der Waals surface area contributed by atoms with Crippen LogP contribution in [0.4, 0.5) is 27.6 Å². The molecule has 0 fully saturated rings. The van der Waals surface area contributed by atoms with Crippen LogP contribution in [0.15, 0.2) is 48.5 Å². The number of halogens is 5. The Kier molecular flexibility index (Phi) is 4.98. The van der Waals surface area contributed by atoms with E-state index in [0.29, 0.717) is 0 Å². The van der Waals surface area contributed by atoms with Gasteiger partial charge < -0.3 is 14.6 Å². The minimum absolute atomic E-state index is 0.108. The van der Waals surface area contributed by atoms with Gasteiger partial charge in [0.25, 0.3) is 0 Å². The number of rotatable bonds is 5. The van der Waals surface area contributed by atoms with Crippen molar-refractivity contribution < 1.29 is 31.5 Å².